The maximum atomic E-state index is 13.5. The van der Waals surface area contributed by atoms with Gasteiger partial charge in [-0.1, -0.05) is 42.3 Å². The molecule has 3 heterocycles. The zero-order valence-corrected chi connectivity index (χ0v) is 16.5. The van der Waals surface area contributed by atoms with E-state index in [0.29, 0.717) is 12.1 Å². The number of hydrogen-bond donors (Lipinski definition) is 0. The highest BCUT2D eigenvalue weighted by Gasteiger charge is 2.51. The van der Waals surface area contributed by atoms with Gasteiger partial charge < -0.3 is 9.64 Å². The molecule has 5 rings (SSSR count). The zero-order valence-electron chi connectivity index (χ0n) is 16.5. The minimum absolute atomic E-state index is 0.101. The van der Waals surface area contributed by atoms with Gasteiger partial charge in [0.25, 0.3) is 5.91 Å². The average molecular weight is 388 g/mol. The summed E-state index contributed by atoms with van der Waals surface area (Å²) in [5.74, 6) is 0.0598. The molecule has 3 aliphatic rings. The van der Waals surface area contributed by atoms with Crippen molar-refractivity contribution in [2.24, 2.45) is 5.92 Å². The maximum Gasteiger partial charge on any atom is 0.290 e. The summed E-state index contributed by atoms with van der Waals surface area (Å²) in [6, 6.07) is 11.5. The number of aryl methyl sites for hydroxylation is 1. The van der Waals surface area contributed by atoms with Crippen LogP contribution in [0.3, 0.4) is 0 Å². The first-order valence-electron chi connectivity index (χ1n) is 10.3. The van der Waals surface area contributed by atoms with Gasteiger partial charge in [-0.3, -0.25) is 14.6 Å². The van der Waals surface area contributed by atoms with Crippen LogP contribution in [0.2, 0.25) is 0 Å². The molecule has 1 aromatic heterocycles. The monoisotopic (exact) mass is 388 g/mol. The quantitative estimate of drug-likeness (QED) is 0.801. The second-order valence-corrected chi connectivity index (χ2v) is 8.26. The second-order valence-electron chi connectivity index (χ2n) is 8.26. The fraction of sp³-hybridized carbons (Fsp3) is 0.375. The number of rotatable bonds is 3. The number of carbonyl (C=O) groups is 2. The standard InChI is InChI=1S/C24H24N2O3/c1-15-8-10-17(11-9-15)21-20-22(27)18-6-2-3-7-19(18)29-23(20)24(28)26(21)14-16-5-4-12-25-13-16/h4-5,8-13,18-19,21H,2-3,6-7,14H2,1H3. The summed E-state index contributed by atoms with van der Waals surface area (Å²) in [4.78, 5) is 32.8. The molecule has 1 aromatic carbocycles. The first-order chi connectivity index (χ1) is 14.1. The van der Waals surface area contributed by atoms with Crippen molar-refractivity contribution in [2.75, 3.05) is 0 Å². The smallest absolute Gasteiger partial charge is 0.290 e. The van der Waals surface area contributed by atoms with Crippen molar-refractivity contribution < 1.29 is 14.3 Å². The van der Waals surface area contributed by atoms with Crippen molar-refractivity contribution in [3.8, 4) is 0 Å². The predicted octanol–water partition coefficient (Wildman–Crippen LogP) is 3.89. The molecule has 0 spiro atoms. The van der Waals surface area contributed by atoms with E-state index in [1.54, 1.807) is 17.3 Å². The Bertz CT molecular complexity index is 981. The number of pyridine rings is 1. The number of nitrogens with zero attached hydrogens (tertiary/aromatic N) is 2. The summed E-state index contributed by atoms with van der Waals surface area (Å²) in [6.07, 6.45) is 7.10. The minimum atomic E-state index is -0.409. The predicted molar refractivity (Wildman–Crippen MR) is 108 cm³/mol. The Morgan fingerprint density at radius 1 is 1.10 bits per heavy atom. The Morgan fingerprint density at radius 2 is 1.90 bits per heavy atom. The van der Waals surface area contributed by atoms with E-state index in [0.717, 1.165) is 42.4 Å². The highest BCUT2D eigenvalue weighted by Crippen LogP contribution is 2.47. The number of ketones is 1. The largest absolute Gasteiger partial charge is 0.483 e. The number of aromatic nitrogens is 1. The van der Waals surface area contributed by atoms with E-state index in [1.165, 1.54) is 0 Å². The van der Waals surface area contributed by atoms with Crippen LogP contribution in [-0.2, 0) is 20.9 Å². The molecule has 5 nitrogen and oxygen atoms in total. The van der Waals surface area contributed by atoms with E-state index < -0.39 is 6.04 Å². The van der Waals surface area contributed by atoms with Gasteiger partial charge in [-0.15, -0.1) is 0 Å². The summed E-state index contributed by atoms with van der Waals surface area (Å²) < 4.78 is 6.19. The summed E-state index contributed by atoms with van der Waals surface area (Å²) in [5.41, 5.74) is 3.57. The van der Waals surface area contributed by atoms with Gasteiger partial charge in [-0.05, 0) is 43.4 Å². The van der Waals surface area contributed by atoms with Crippen molar-refractivity contribution >= 4 is 11.7 Å². The van der Waals surface area contributed by atoms with Crippen molar-refractivity contribution in [1.82, 2.24) is 9.88 Å². The van der Waals surface area contributed by atoms with Gasteiger partial charge in [0.1, 0.15) is 6.10 Å². The SMILES string of the molecule is Cc1ccc(C2C3=C(OC4CCCCC4C3=O)C(=O)N2Cc2cccnc2)cc1. The lowest BCUT2D eigenvalue weighted by Gasteiger charge is -2.35. The summed E-state index contributed by atoms with van der Waals surface area (Å²) in [6.45, 7) is 2.42. The number of Topliss-reactive ketones (excluding diaryl/α,β-unsaturated/α-hetero) is 1. The van der Waals surface area contributed by atoms with Crippen LogP contribution >= 0.6 is 0 Å². The van der Waals surface area contributed by atoms with Gasteiger partial charge in [-0.2, -0.15) is 0 Å². The Morgan fingerprint density at radius 3 is 2.66 bits per heavy atom. The van der Waals surface area contributed by atoms with E-state index in [4.69, 9.17) is 4.74 Å². The summed E-state index contributed by atoms with van der Waals surface area (Å²) in [5, 5.41) is 0. The number of fused-ring (bicyclic) bond motifs is 1. The third-order valence-corrected chi connectivity index (χ3v) is 6.33. The molecule has 2 aliphatic heterocycles. The number of hydrogen-bond acceptors (Lipinski definition) is 4. The summed E-state index contributed by atoms with van der Waals surface area (Å²) in [7, 11) is 0. The first-order valence-corrected chi connectivity index (χ1v) is 10.3. The Balaban J connectivity index is 1.58. The van der Waals surface area contributed by atoms with Crippen LogP contribution in [0.5, 0.6) is 0 Å². The summed E-state index contributed by atoms with van der Waals surface area (Å²) >= 11 is 0. The number of amides is 1. The van der Waals surface area contributed by atoms with Crippen LogP contribution in [-0.4, -0.2) is 27.7 Å². The molecule has 5 heteroatoms. The van der Waals surface area contributed by atoms with Gasteiger partial charge in [0.2, 0.25) is 0 Å². The molecule has 0 N–H and O–H groups in total. The van der Waals surface area contributed by atoms with Crippen LogP contribution in [0.25, 0.3) is 0 Å². The van der Waals surface area contributed by atoms with E-state index in [1.807, 2.05) is 43.3 Å². The lowest BCUT2D eigenvalue weighted by Crippen LogP contribution is -2.39. The molecule has 0 bridgehead atoms. The van der Waals surface area contributed by atoms with E-state index in [2.05, 4.69) is 4.98 Å². The highest BCUT2D eigenvalue weighted by molar-refractivity contribution is 6.11. The molecule has 0 saturated heterocycles. The van der Waals surface area contributed by atoms with Crippen molar-refractivity contribution in [3.05, 3.63) is 76.8 Å². The van der Waals surface area contributed by atoms with Crippen LogP contribution in [0.15, 0.2) is 60.1 Å². The van der Waals surface area contributed by atoms with Gasteiger partial charge >= 0.3 is 0 Å². The normalized spacial score (nSPS) is 26.2. The minimum Gasteiger partial charge on any atom is -0.483 e. The molecule has 148 valence electrons. The van der Waals surface area contributed by atoms with Gasteiger partial charge in [0, 0.05) is 18.9 Å². The van der Waals surface area contributed by atoms with Crippen LogP contribution < -0.4 is 0 Å². The van der Waals surface area contributed by atoms with Crippen LogP contribution in [0.1, 0.15) is 48.4 Å². The average Bonchev–Trinajstić information content (AvgIpc) is 3.02. The third kappa shape index (κ3) is 3.05. The van der Waals surface area contributed by atoms with Crippen molar-refractivity contribution in [1.29, 1.82) is 0 Å². The molecule has 1 saturated carbocycles. The van der Waals surface area contributed by atoms with Crippen molar-refractivity contribution in [2.45, 2.75) is 51.3 Å². The Hall–Kier alpha value is -2.95. The molecule has 0 radical (unpaired) electrons. The molecule has 1 fully saturated rings. The fourth-order valence-electron chi connectivity index (χ4n) is 4.84. The number of ether oxygens (including phenoxy) is 1. The molecule has 1 amide bonds. The van der Waals surface area contributed by atoms with Gasteiger partial charge in [-0.25, -0.2) is 0 Å². The van der Waals surface area contributed by atoms with E-state index >= 15 is 0 Å². The molecular formula is C24H24N2O3. The topological polar surface area (TPSA) is 59.5 Å². The Kier molecular flexibility index (Phi) is 4.46. The molecule has 2 aromatic rings. The second kappa shape index (κ2) is 7.14. The van der Waals surface area contributed by atoms with Gasteiger partial charge in [0.05, 0.1) is 17.5 Å². The molecular weight excluding hydrogens is 364 g/mol. The number of carbonyl (C=O) groups excluding carboxylic acids is 2. The lowest BCUT2D eigenvalue weighted by molar-refractivity contribution is -0.135. The molecule has 1 aliphatic carbocycles. The highest BCUT2D eigenvalue weighted by atomic mass is 16.5. The zero-order chi connectivity index (χ0) is 20.0. The first kappa shape index (κ1) is 18.1. The van der Waals surface area contributed by atoms with Crippen molar-refractivity contribution in [3.63, 3.8) is 0 Å². The maximum absolute atomic E-state index is 13.5. The van der Waals surface area contributed by atoms with Crippen LogP contribution in [0.4, 0.5) is 0 Å². The lowest BCUT2D eigenvalue weighted by atomic mass is 9.77. The van der Waals surface area contributed by atoms with E-state index in [9.17, 15) is 9.59 Å². The van der Waals surface area contributed by atoms with Gasteiger partial charge in [0.15, 0.2) is 11.5 Å². The molecule has 3 unspecified atom stereocenters. The molecule has 29 heavy (non-hydrogen) atoms. The number of benzene rings is 1. The third-order valence-electron chi connectivity index (χ3n) is 6.33. The molecule has 3 atom stereocenters. The Labute approximate surface area is 170 Å². The fourth-order valence-corrected chi connectivity index (χ4v) is 4.84. The van der Waals surface area contributed by atoms with E-state index in [-0.39, 0.29) is 29.5 Å². The van der Waals surface area contributed by atoms with Crippen LogP contribution in [0, 0.1) is 12.8 Å².